The molecule has 0 saturated carbocycles. The van der Waals surface area contributed by atoms with E-state index in [2.05, 4.69) is 5.32 Å². The van der Waals surface area contributed by atoms with Crippen LogP contribution in [0.4, 0.5) is 5.69 Å². The van der Waals surface area contributed by atoms with Crippen LogP contribution < -0.4 is 20.1 Å². The number of sulfonamides is 1. The Bertz CT molecular complexity index is 1180. The SMILES string of the molecule is CCS(=O)(=O)N1c2ccc(OC3CCNCC3)cc2CC1/C=C(\C)c1cccc(C(=N)N)c1.Cl.Cl. The third-order valence-electron chi connectivity index (χ3n) is 6.34. The molecule has 2 aromatic rings. The summed E-state index contributed by atoms with van der Waals surface area (Å²) in [6.07, 6.45) is 4.71. The van der Waals surface area contributed by atoms with Crippen molar-refractivity contribution in [1.29, 1.82) is 5.41 Å². The zero-order valence-corrected chi connectivity index (χ0v) is 22.4. The van der Waals surface area contributed by atoms with E-state index in [4.69, 9.17) is 15.9 Å². The van der Waals surface area contributed by atoms with Gasteiger partial charge in [0.2, 0.25) is 10.0 Å². The Hall–Kier alpha value is -2.26. The molecule has 7 nitrogen and oxygen atoms in total. The molecule has 35 heavy (non-hydrogen) atoms. The highest BCUT2D eigenvalue weighted by atomic mass is 35.5. The Morgan fingerprint density at radius 2 is 1.86 bits per heavy atom. The number of allylic oxidation sites excluding steroid dienone is 1. The summed E-state index contributed by atoms with van der Waals surface area (Å²) < 4.78 is 33.8. The van der Waals surface area contributed by atoms with Crippen molar-refractivity contribution in [3.63, 3.8) is 0 Å². The van der Waals surface area contributed by atoms with Crippen molar-refractivity contribution < 1.29 is 13.2 Å². The van der Waals surface area contributed by atoms with Crippen LogP contribution in [0.15, 0.2) is 48.5 Å². The number of nitrogen functional groups attached to an aromatic ring is 1. The summed E-state index contributed by atoms with van der Waals surface area (Å²) in [6.45, 7) is 5.54. The van der Waals surface area contributed by atoms with E-state index in [9.17, 15) is 8.42 Å². The molecule has 2 heterocycles. The first-order valence-electron chi connectivity index (χ1n) is 11.4. The van der Waals surface area contributed by atoms with Gasteiger partial charge in [-0.05, 0) is 87.2 Å². The molecule has 2 aliphatic heterocycles. The number of rotatable bonds is 7. The van der Waals surface area contributed by atoms with Gasteiger partial charge in [0.05, 0.1) is 17.5 Å². The van der Waals surface area contributed by atoms with E-state index in [-0.39, 0.29) is 48.5 Å². The third-order valence-corrected chi connectivity index (χ3v) is 8.14. The second kappa shape index (κ2) is 12.1. The molecule has 0 spiro atoms. The topological polar surface area (TPSA) is 109 Å². The van der Waals surface area contributed by atoms with Crippen LogP contribution in [0.25, 0.3) is 5.57 Å². The van der Waals surface area contributed by atoms with Crippen LogP contribution in [-0.2, 0) is 16.4 Å². The third kappa shape index (κ3) is 6.50. The van der Waals surface area contributed by atoms with E-state index in [0.29, 0.717) is 12.0 Å². The molecule has 1 saturated heterocycles. The van der Waals surface area contributed by atoms with Gasteiger partial charge < -0.3 is 15.8 Å². The summed E-state index contributed by atoms with van der Waals surface area (Å²) in [7, 11) is -3.46. The largest absolute Gasteiger partial charge is 0.490 e. The van der Waals surface area contributed by atoms with Crippen molar-refractivity contribution in [3.05, 3.63) is 65.2 Å². The first kappa shape index (κ1) is 29.0. The number of ether oxygens (including phenoxy) is 1. The van der Waals surface area contributed by atoms with Crippen molar-refractivity contribution in [2.45, 2.75) is 45.3 Å². The Morgan fingerprint density at radius 3 is 2.51 bits per heavy atom. The highest BCUT2D eigenvalue weighted by Crippen LogP contribution is 2.38. The lowest BCUT2D eigenvalue weighted by Crippen LogP contribution is -2.37. The number of anilines is 1. The van der Waals surface area contributed by atoms with Crippen molar-refractivity contribution in [1.82, 2.24) is 5.32 Å². The van der Waals surface area contributed by atoms with E-state index < -0.39 is 10.0 Å². The Kier molecular flexibility index (Phi) is 10.0. The number of hydrogen-bond acceptors (Lipinski definition) is 5. The number of nitrogens with one attached hydrogen (secondary N) is 2. The lowest BCUT2D eigenvalue weighted by molar-refractivity contribution is 0.162. The van der Waals surface area contributed by atoms with Gasteiger partial charge in [0, 0.05) is 5.56 Å². The Morgan fingerprint density at radius 1 is 1.17 bits per heavy atom. The van der Waals surface area contributed by atoms with E-state index in [1.807, 2.05) is 49.4 Å². The average Bonchev–Trinajstić information content (AvgIpc) is 3.17. The monoisotopic (exact) mass is 540 g/mol. The minimum atomic E-state index is -3.46. The van der Waals surface area contributed by atoms with Gasteiger partial charge in [0.1, 0.15) is 17.7 Å². The second-order valence-electron chi connectivity index (χ2n) is 8.67. The van der Waals surface area contributed by atoms with Crippen molar-refractivity contribution in [2.75, 3.05) is 23.1 Å². The van der Waals surface area contributed by atoms with Gasteiger partial charge in [-0.3, -0.25) is 9.71 Å². The lowest BCUT2D eigenvalue weighted by atomic mass is 10.0. The summed E-state index contributed by atoms with van der Waals surface area (Å²) in [5.74, 6) is 0.836. The van der Waals surface area contributed by atoms with Crippen molar-refractivity contribution in [2.24, 2.45) is 5.73 Å². The summed E-state index contributed by atoms with van der Waals surface area (Å²) in [6, 6.07) is 12.9. The molecule has 0 aromatic heterocycles. The van der Waals surface area contributed by atoms with Gasteiger partial charge in [-0.25, -0.2) is 8.42 Å². The molecule has 1 atom stereocenters. The zero-order valence-electron chi connectivity index (χ0n) is 20.0. The molecule has 0 aliphatic carbocycles. The van der Waals surface area contributed by atoms with Crippen LogP contribution in [0.5, 0.6) is 5.75 Å². The van der Waals surface area contributed by atoms with Crippen molar-refractivity contribution >= 4 is 51.9 Å². The normalized spacial score (nSPS) is 18.3. The smallest absolute Gasteiger partial charge is 0.235 e. The van der Waals surface area contributed by atoms with Crippen LogP contribution in [0.2, 0.25) is 0 Å². The van der Waals surface area contributed by atoms with Gasteiger partial charge in [-0.15, -0.1) is 24.8 Å². The van der Waals surface area contributed by atoms with Crippen LogP contribution in [0, 0.1) is 5.41 Å². The van der Waals surface area contributed by atoms with Crippen LogP contribution in [-0.4, -0.2) is 45.2 Å². The van der Waals surface area contributed by atoms with Gasteiger partial charge in [0.15, 0.2) is 0 Å². The first-order valence-corrected chi connectivity index (χ1v) is 13.0. The molecule has 1 fully saturated rings. The number of fused-ring (bicyclic) bond motifs is 1. The van der Waals surface area contributed by atoms with E-state index in [1.165, 1.54) is 0 Å². The first-order chi connectivity index (χ1) is 15.8. The van der Waals surface area contributed by atoms with Gasteiger partial charge in [-0.2, -0.15) is 0 Å². The Labute approximate surface area is 220 Å². The van der Waals surface area contributed by atoms with Crippen LogP contribution in [0.1, 0.15) is 43.4 Å². The molecule has 0 radical (unpaired) electrons. The lowest BCUT2D eigenvalue weighted by Gasteiger charge is -2.26. The molecule has 1 unspecified atom stereocenters. The summed E-state index contributed by atoms with van der Waals surface area (Å²) in [4.78, 5) is 0. The predicted molar refractivity (Wildman–Crippen MR) is 148 cm³/mol. The summed E-state index contributed by atoms with van der Waals surface area (Å²) in [5.41, 5.74) is 9.85. The van der Waals surface area contributed by atoms with E-state index >= 15 is 0 Å². The van der Waals surface area contributed by atoms with E-state index in [0.717, 1.165) is 54.1 Å². The fraction of sp³-hybridized carbons (Fsp3) is 0.400. The summed E-state index contributed by atoms with van der Waals surface area (Å²) >= 11 is 0. The molecular weight excluding hydrogens is 507 g/mol. The number of benzene rings is 2. The summed E-state index contributed by atoms with van der Waals surface area (Å²) in [5, 5.41) is 11.0. The molecule has 0 bridgehead atoms. The number of hydrogen-bond donors (Lipinski definition) is 3. The molecule has 4 N–H and O–H groups in total. The van der Waals surface area contributed by atoms with Crippen LogP contribution >= 0.6 is 24.8 Å². The van der Waals surface area contributed by atoms with Crippen molar-refractivity contribution in [3.8, 4) is 5.75 Å². The molecular formula is C25H34Cl2N4O3S. The molecule has 2 aliphatic rings. The minimum absolute atomic E-state index is 0. The quantitative estimate of drug-likeness (QED) is 0.361. The molecule has 0 amide bonds. The highest BCUT2D eigenvalue weighted by Gasteiger charge is 2.36. The number of nitrogens with zero attached hydrogens (tertiary/aromatic N) is 1. The zero-order chi connectivity index (χ0) is 23.6. The molecule has 4 rings (SSSR count). The number of amidine groups is 1. The van der Waals surface area contributed by atoms with E-state index in [1.54, 1.807) is 17.3 Å². The fourth-order valence-electron chi connectivity index (χ4n) is 4.54. The fourth-order valence-corrected chi connectivity index (χ4v) is 5.85. The average molecular weight is 542 g/mol. The number of piperidine rings is 1. The highest BCUT2D eigenvalue weighted by molar-refractivity contribution is 7.92. The standard InChI is InChI=1S/C25H32N4O3S.2ClH/c1-3-33(30,31)29-21(13-17(2)18-5-4-6-19(14-18)25(26)27)15-20-16-23(7-8-24(20)29)32-22-9-11-28-12-10-22;;/h4-8,13-14,16,21-22,28H,3,9-12,15H2,1-2H3,(H3,26,27);2*1H/b17-13+;;. The predicted octanol–water partition coefficient (Wildman–Crippen LogP) is 4.13. The van der Waals surface area contributed by atoms with Gasteiger partial charge in [-0.1, -0.05) is 24.3 Å². The number of nitrogens with two attached hydrogens (primary N) is 1. The maximum atomic E-state index is 13.1. The molecule has 10 heteroatoms. The maximum Gasteiger partial charge on any atom is 0.235 e. The minimum Gasteiger partial charge on any atom is -0.490 e. The van der Waals surface area contributed by atoms with Gasteiger partial charge in [0.25, 0.3) is 0 Å². The second-order valence-corrected chi connectivity index (χ2v) is 10.8. The maximum absolute atomic E-state index is 13.1. The molecule has 2 aromatic carbocycles. The number of halogens is 2. The Balaban J connectivity index is 0.00000216. The molecule has 192 valence electrons. The van der Waals surface area contributed by atoms with Crippen LogP contribution in [0.3, 0.4) is 0 Å². The van der Waals surface area contributed by atoms with Gasteiger partial charge >= 0.3 is 0 Å².